The molecule has 0 radical (unpaired) electrons. The van der Waals surface area contributed by atoms with Crippen LogP contribution in [-0.2, 0) is 0 Å². The zero-order valence-corrected chi connectivity index (χ0v) is 13.5. The Labute approximate surface area is 145 Å². The SMILES string of the molecule is C=Cc1cc(-c2cccc3ccccc23)nc2cc3c(cc12)OCO3. The maximum absolute atomic E-state index is 5.51. The van der Waals surface area contributed by atoms with Gasteiger partial charge in [-0.05, 0) is 28.5 Å². The first-order valence-electron chi connectivity index (χ1n) is 8.18. The van der Waals surface area contributed by atoms with Crippen molar-refractivity contribution >= 4 is 27.8 Å². The fourth-order valence-electron chi connectivity index (χ4n) is 3.40. The van der Waals surface area contributed by atoms with Crippen LogP contribution in [0.3, 0.4) is 0 Å². The van der Waals surface area contributed by atoms with Gasteiger partial charge in [-0.1, -0.05) is 55.1 Å². The summed E-state index contributed by atoms with van der Waals surface area (Å²) in [6.45, 7) is 4.23. The molecule has 120 valence electrons. The van der Waals surface area contributed by atoms with Crippen LogP contribution >= 0.6 is 0 Å². The largest absolute Gasteiger partial charge is 0.454 e. The quantitative estimate of drug-likeness (QED) is 0.492. The minimum absolute atomic E-state index is 0.255. The third kappa shape index (κ3) is 2.17. The number of nitrogens with zero attached hydrogens (tertiary/aromatic N) is 1. The lowest BCUT2D eigenvalue weighted by molar-refractivity contribution is 0.174. The fraction of sp³-hybridized carbons (Fsp3) is 0.0455. The van der Waals surface area contributed by atoms with Gasteiger partial charge in [-0.25, -0.2) is 4.98 Å². The molecule has 2 heterocycles. The summed E-state index contributed by atoms with van der Waals surface area (Å²) in [5, 5.41) is 3.41. The van der Waals surface area contributed by atoms with Crippen molar-refractivity contribution < 1.29 is 9.47 Å². The predicted octanol–water partition coefficient (Wildman–Crippen LogP) is 5.43. The van der Waals surface area contributed by atoms with Crippen molar-refractivity contribution in [2.45, 2.75) is 0 Å². The van der Waals surface area contributed by atoms with Crippen LogP contribution in [0.5, 0.6) is 11.5 Å². The van der Waals surface area contributed by atoms with Crippen LogP contribution in [0.1, 0.15) is 5.56 Å². The molecule has 0 aliphatic carbocycles. The standard InChI is InChI=1S/C22H15NO2/c1-2-14-10-19(17-9-5-7-15-6-3-4-8-16(15)17)23-20-12-22-21(11-18(14)20)24-13-25-22/h2-12H,1,13H2. The highest BCUT2D eigenvalue weighted by Gasteiger charge is 2.17. The van der Waals surface area contributed by atoms with Crippen molar-refractivity contribution in [1.82, 2.24) is 4.98 Å². The third-order valence-corrected chi connectivity index (χ3v) is 4.62. The van der Waals surface area contributed by atoms with Gasteiger partial charge in [0.1, 0.15) is 0 Å². The molecule has 1 aliphatic heterocycles. The molecular weight excluding hydrogens is 310 g/mol. The number of benzene rings is 3. The van der Waals surface area contributed by atoms with Gasteiger partial charge in [0.05, 0.1) is 11.2 Å². The molecule has 4 aromatic rings. The van der Waals surface area contributed by atoms with Gasteiger partial charge in [0, 0.05) is 17.0 Å². The Morgan fingerprint density at radius 2 is 1.68 bits per heavy atom. The molecule has 3 nitrogen and oxygen atoms in total. The van der Waals surface area contributed by atoms with E-state index in [-0.39, 0.29) is 6.79 Å². The second kappa shape index (κ2) is 5.35. The average Bonchev–Trinajstić information content (AvgIpc) is 3.12. The van der Waals surface area contributed by atoms with E-state index < -0.39 is 0 Å². The van der Waals surface area contributed by atoms with Crippen LogP contribution in [0.4, 0.5) is 0 Å². The maximum Gasteiger partial charge on any atom is 0.231 e. The first-order valence-corrected chi connectivity index (χ1v) is 8.18. The molecule has 3 aromatic carbocycles. The van der Waals surface area contributed by atoms with Gasteiger partial charge in [-0.2, -0.15) is 0 Å². The summed E-state index contributed by atoms with van der Waals surface area (Å²) in [4.78, 5) is 4.90. The van der Waals surface area contributed by atoms with Crippen LogP contribution in [-0.4, -0.2) is 11.8 Å². The fourth-order valence-corrected chi connectivity index (χ4v) is 3.40. The Morgan fingerprint density at radius 3 is 2.56 bits per heavy atom. The van der Waals surface area contributed by atoms with Gasteiger partial charge in [0.15, 0.2) is 11.5 Å². The Balaban J connectivity index is 1.82. The van der Waals surface area contributed by atoms with E-state index in [1.54, 1.807) is 0 Å². The second-order valence-electron chi connectivity index (χ2n) is 6.05. The molecule has 0 atom stereocenters. The third-order valence-electron chi connectivity index (χ3n) is 4.62. The molecule has 5 rings (SSSR count). The van der Waals surface area contributed by atoms with Crippen LogP contribution < -0.4 is 9.47 Å². The van der Waals surface area contributed by atoms with Gasteiger partial charge in [-0.3, -0.25) is 0 Å². The zero-order valence-electron chi connectivity index (χ0n) is 13.5. The minimum Gasteiger partial charge on any atom is -0.454 e. The molecule has 0 saturated carbocycles. The highest BCUT2D eigenvalue weighted by Crippen LogP contribution is 2.38. The number of rotatable bonds is 2. The Bertz CT molecular complexity index is 1140. The second-order valence-corrected chi connectivity index (χ2v) is 6.05. The molecule has 0 fully saturated rings. The van der Waals surface area contributed by atoms with E-state index in [0.29, 0.717) is 0 Å². The van der Waals surface area contributed by atoms with Crippen LogP contribution in [0, 0.1) is 0 Å². The van der Waals surface area contributed by atoms with E-state index in [4.69, 9.17) is 14.5 Å². The highest BCUT2D eigenvalue weighted by atomic mass is 16.7. The molecule has 0 amide bonds. The lowest BCUT2D eigenvalue weighted by atomic mass is 9.99. The number of hydrogen-bond acceptors (Lipinski definition) is 3. The molecule has 0 unspecified atom stereocenters. The number of ether oxygens (including phenoxy) is 2. The number of hydrogen-bond donors (Lipinski definition) is 0. The van der Waals surface area contributed by atoms with E-state index in [2.05, 4.69) is 55.1 Å². The summed E-state index contributed by atoms with van der Waals surface area (Å²) in [7, 11) is 0. The van der Waals surface area contributed by atoms with Crippen LogP contribution in [0.2, 0.25) is 0 Å². The van der Waals surface area contributed by atoms with E-state index in [1.807, 2.05) is 18.2 Å². The molecule has 1 aliphatic rings. The molecule has 0 spiro atoms. The van der Waals surface area contributed by atoms with Crippen LogP contribution in [0.25, 0.3) is 39.0 Å². The first kappa shape index (κ1) is 14.1. The topological polar surface area (TPSA) is 31.4 Å². The number of pyridine rings is 1. The van der Waals surface area contributed by atoms with Gasteiger partial charge >= 0.3 is 0 Å². The summed E-state index contributed by atoms with van der Waals surface area (Å²) in [6, 6.07) is 20.7. The molecule has 0 N–H and O–H groups in total. The smallest absolute Gasteiger partial charge is 0.231 e. The van der Waals surface area contributed by atoms with Crippen molar-refractivity contribution in [2.75, 3.05) is 6.79 Å². The van der Waals surface area contributed by atoms with Crippen molar-refractivity contribution in [1.29, 1.82) is 0 Å². The lowest BCUT2D eigenvalue weighted by Gasteiger charge is -2.10. The summed E-state index contributed by atoms with van der Waals surface area (Å²) >= 11 is 0. The molecule has 1 aromatic heterocycles. The monoisotopic (exact) mass is 325 g/mol. The van der Waals surface area contributed by atoms with Gasteiger partial charge in [-0.15, -0.1) is 0 Å². The van der Waals surface area contributed by atoms with Crippen molar-refractivity contribution in [3.05, 3.63) is 72.8 Å². The molecule has 0 saturated heterocycles. The van der Waals surface area contributed by atoms with Gasteiger partial charge < -0.3 is 9.47 Å². The summed E-state index contributed by atoms with van der Waals surface area (Å²) < 4.78 is 11.0. The van der Waals surface area contributed by atoms with E-state index in [0.717, 1.165) is 39.2 Å². The molecule has 3 heteroatoms. The van der Waals surface area contributed by atoms with Crippen molar-refractivity contribution in [3.63, 3.8) is 0 Å². The normalized spacial score (nSPS) is 12.6. The van der Waals surface area contributed by atoms with E-state index in [9.17, 15) is 0 Å². The number of fused-ring (bicyclic) bond motifs is 3. The van der Waals surface area contributed by atoms with Crippen molar-refractivity contribution in [3.8, 4) is 22.8 Å². The summed E-state index contributed by atoms with van der Waals surface area (Å²) in [6.07, 6.45) is 1.86. The van der Waals surface area contributed by atoms with Gasteiger partial charge in [0.2, 0.25) is 6.79 Å². The number of aromatic nitrogens is 1. The minimum atomic E-state index is 0.255. The molecule has 25 heavy (non-hydrogen) atoms. The Kier molecular flexibility index (Phi) is 3.01. The molecule has 0 bridgehead atoms. The molecular formula is C22H15NO2. The zero-order chi connectivity index (χ0) is 16.8. The maximum atomic E-state index is 5.51. The summed E-state index contributed by atoms with van der Waals surface area (Å²) in [5.41, 5.74) is 3.95. The summed E-state index contributed by atoms with van der Waals surface area (Å²) in [5.74, 6) is 1.50. The Hall–Kier alpha value is -3.33. The Morgan fingerprint density at radius 1 is 0.880 bits per heavy atom. The average molecular weight is 325 g/mol. The lowest BCUT2D eigenvalue weighted by Crippen LogP contribution is -1.92. The van der Waals surface area contributed by atoms with Gasteiger partial charge in [0.25, 0.3) is 0 Å². The van der Waals surface area contributed by atoms with E-state index >= 15 is 0 Å². The van der Waals surface area contributed by atoms with E-state index in [1.165, 1.54) is 10.8 Å². The highest BCUT2D eigenvalue weighted by molar-refractivity contribution is 5.99. The van der Waals surface area contributed by atoms with Crippen LogP contribution in [0.15, 0.2) is 67.2 Å². The first-order chi connectivity index (χ1) is 12.3. The van der Waals surface area contributed by atoms with Crippen molar-refractivity contribution in [2.24, 2.45) is 0 Å². The predicted molar refractivity (Wildman–Crippen MR) is 101 cm³/mol.